The number of benzene rings is 1. The van der Waals surface area contributed by atoms with Gasteiger partial charge < -0.3 is 5.32 Å². The van der Waals surface area contributed by atoms with Crippen LogP contribution >= 0.6 is 31.9 Å². The van der Waals surface area contributed by atoms with Gasteiger partial charge >= 0.3 is 0 Å². The van der Waals surface area contributed by atoms with Gasteiger partial charge in [0.1, 0.15) is 0 Å². The second kappa shape index (κ2) is 7.46. The van der Waals surface area contributed by atoms with Crippen LogP contribution in [0.4, 0.5) is 0 Å². The molecule has 0 aliphatic rings. The summed E-state index contributed by atoms with van der Waals surface area (Å²) in [4.78, 5) is 0. The van der Waals surface area contributed by atoms with E-state index >= 15 is 0 Å². The van der Waals surface area contributed by atoms with Crippen LogP contribution in [0.3, 0.4) is 0 Å². The molecular weight excluding hydrogens is 330 g/mol. The lowest BCUT2D eigenvalue weighted by molar-refractivity contribution is 0.511. The summed E-state index contributed by atoms with van der Waals surface area (Å²) in [5, 5.41) is 3.39. The minimum atomic E-state index is 0.459. The highest BCUT2D eigenvalue weighted by atomic mass is 79.9. The lowest BCUT2D eigenvalue weighted by atomic mass is 10.0. The molecule has 0 amide bonds. The molecule has 3 heteroatoms. The van der Waals surface area contributed by atoms with E-state index in [2.05, 4.69) is 62.3 Å². The maximum atomic E-state index is 3.53. The maximum Gasteiger partial charge on any atom is 0.0318 e. The molecule has 0 aliphatic carbocycles. The van der Waals surface area contributed by atoms with E-state index < -0.39 is 0 Å². The smallest absolute Gasteiger partial charge is 0.0318 e. The molecule has 0 aromatic heterocycles. The van der Waals surface area contributed by atoms with E-state index in [1.807, 2.05) is 7.05 Å². The van der Waals surface area contributed by atoms with Gasteiger partial charge in [0, 0.05) is 15.0 Å². The molecule has 1 unspecified atom stereocenters. The molecule has 1 N–H and O–H groups in total. The Balaban J connectivity index is 2.70. The second-order valence-corrected chi connectivity index (χ2v) is 5.87. The van der Waals surface area contributed by atoms with Crippen LogP contribution in [0.15, 0.2) is 27.1 Å². The Kier molecular flexibility index (Phi) is 6.62. The molecule has 0 radical (unpaired) electrons. The van der Waals surface area contributed by atoms with E-state index in [1.54, 1.807) is 0 Å². The summed E-state index contributed by atoms with van der Waals surface area (Å²) < 4.78 is 2.26. The molecule has 0 heterocycles. The van der Waals surface area contributed by atoms with Gasteiger partial charge in [-0.05, 0) is 37.2 Å². The Morgan fingerprint density at radius 2 is 1.75 bits per heavy atom. The first-order valence-electron chi connectivity index (χ1n) is 5.80. The average Bonchev–Trinajstić information content (AvgIpc) is 2.23. The molecule has 1 rings (SSSR count). The molecule has 16 heavy (non-hydrogen) atoms. The van der Waals surface area contributed by atoms with Crippen LogP contribution in [-0.4, -0.2) is 7.05 Å². The number of nitrogens with one attached hydrogen (secondary N) is 1. The van der Waals surface area contributed by atoms with Gasteiger partial charge in [0.05, 0.1) is 0 Å². The number of rotatable bonds is 6. The normalized spacial score (nSPS) is 12.8. The Morgan fingerprint density at radius 3 is 2.25 bits per heavy atom. The summed E-state index contributed by atoms with van der Waals surface area (Å²) in [6.45, 7) is 2.24. The molecule has 1 aromatic rings. The molecular formula is C13H19Br2N. The zero-order chi connectivity index (χ0) is 12.0. The summed E-state index contributed by atoms with van der Waals surface area (Å²) >= 11 is 7.07. The molecule has 0 fully saturated rings. The Morgan fingerprint density at radius 1 is 1.12 bits per heavy atom. The fourth-order valence-corrected chi connectivity index (χ4v) is 3.18. The molecule has 1 atom stereocenters. The van der Waals surface area contributed by atoms with Crippen molar-refractivity contribution in [3.8, 4) is 0 Å². The minimum Gasteiger partial charge on any atom is -0.313 e. The fourth-order valence-electron chi connectivity index (χ4n) is 1.85. The summed E-state index contributed by atoms with van der Waals surface area (Å²) in [6, 6.07) is 6.92. The van der Waals surface area contributed by atoms with Gasteiger partial charge in [-0.25, -0.2) is 0 Å². The van der Waals surface area contributed by atoms with E-state index in [9.17, 15) is 0 Å². The van der Waals surface area contributed by atoms with Crippen LogP contribution in [0.1, 0.15) is 44.2 Å². The first-order valence-corrected chi connectivity index (χ1v) is 7.39. The van der Waals surface area contributed by atoms with Crippen molar-refractivity contribution in [1.82, 2.24) is 5.32 Å². The first-order chi connectivity index (χ1) is 7.67. The monoisotopic (exact) mass is 347 g/mol. The third kappa shape index (κ3) is 4.56. The van der Waals surface area contributed by atoms with Crippen molar-refractivity contribution in [2.75, 3.05) is 7.05 Å². The third-order valence-electron chi connectivity index (χ3n) is 2.73. The van der Waals surface area contributed by atoms with E-state index in [-0.39, 0.29) is 0 Å². The predicted molar refractivity (Wildman–Crippen MR) is 77.8 cm³/mol. The van der Waals surface area contributed by atoms with Crippen molar-refractivity contribution < 1.29 is 0 Å². The van der Waals surface area contributed by atoms with Gasteiger partial charge in [-0.15, -0.1) is 0 Å². The third-order valence-corrected chi connectivity index (χ3v) is 3.65. The molecule has 1 aromatic carbocycles. The lowest BCUT2D eigenvalue weighted by Crippen LogP contribution is -2.16. The van der Waals surface area contributed by atoms with Gasteiger partial charge in [0.25, 0.3) is 0 Å². The van der Waals surface area contributed by atoms with Gasteiger partial charge in [-0.2, -0.15) is 0 Å². The molecule has 0 bridgehead atoms. The zero-order valence-electron chi connectivity index (χ0n) is 9.89. The van der Waals surface area contributed by atoms with Gasteiger partial charge in [0.15, 0.2) is 0 Å². The summed E-state index contributed by atoms with van der Waals surface area (Å²) in [7, 11) is 2.03. The van der Waals surface area contributed by atoms with Crippen LogP contribution in [0.5, 0.6) is 0 Å². The summed E-state index contributed by atoms with van der Waals surface area (Å²) in [5.74, 6) is 0. The number of halogens is 2. The lowest BCUT2D eigenvalue weighted by Gasteiger charge is -2.17. The van der Waals surface area contributed by atoms with Crippen LogP contribution in [0, 0.1) is 0 Å². The minimum absolute atomic E-state index is 0.459. The van der Waals surface area contributed by atoms with Crippen LogP contribution in [-0.2, 0) is 0 Å². The maximum absolute atomic E-state index is 3.53. The van der Waals surface area contributed by atoms with Gasteiger partial charge in [-0.3, -0.25) is 0 Å². The number of hydrogen-bond donors (Lipinski definition) is 1. The quantitative estimate of drug-likeness (QED) is 0.709. The van der Waals surface area contributed by atoms with Gasteiger partial charge in [0.2, 0.25) is 0 Å². The van der Waals surface area contributed by atoms with E-state index in [4.69, 9.17) is 0 Å². The van der Waals surface area contributed by atoms with E-state index in [0.717, 1.165) is 8.95 Å². The van der Waals surface area contributed by atoms with Crippen LogP contribution in [0.2, 0.25) is 0 Å². The highest BCUT2D eigenvalue weighted by Crippen LogP contribution is 2.26. The fraction of sp³-hybridized carbons (Fsp3) is 0.538. The van der Waals surface area contributed by atoms with Crippen molar-refractivity contribution in [1.29, 1.82) is 0 Å². The molecule has 0 spiro atoms. The summed E-state index contributed by atoms with van der Waals surface area (Å²) in [5.41, 5.74) is 1.35. The Bertz CT molecular complexity index is 305. The predicted octanol–water partition coefficient (Wildman–Crippen LogP) is 5.05. The molecule has 0 aliphatic heterocycles. The Hall–Kier alpha value is 0.140. The Labute approximate surface area is 115 Å². The highest BCUT2D eigenvalue weighted by Gasteiger charge is 2.09. The molecule has 1 nitrogen and oxygen atoms in total. The van der Waals surface area contributed by atoms with Crippen LogP contribution < -0.4 is 5.32 Å². The average molecular weight is 349 g/mol. The van der Waals surface area contributed by atoms with Crippen molar-refractivity contribution in [2.45, 2.75) is 38.6 Å². The molecule has 0 saturated carbocycles. The number of hydrogen-bond acceptors (Lipinski definition) is 1. The second-order valence-electron chi connectivity index (χ2n) is 4.04. The SMILES string of the molecule is CCCCCC(NC)c1cc(Br)cc(Br)c1. The van der Waals surface area contributed by atoms with Crippen LogP contribution in [0.25, 0.3) is 0 Å². The van der Waals surface area contributed by atoms with E-state index in [0.29, 0.717) is 6.04 Å². The highest BCUT2D eigenvalue weighted by molar-refractivity contribution is 9.11. The zero-order valence-corrected chi connectivity index (χ0v) is 13.1. The first kappa shape index (κ1) is 14.2. The van der Waals surface area contributed by atoms with Crippen molar-refractivity contribution in [3.05, 3.63) is 32.7 Å². The van der Waals surface area contributed by atoms with Crippen molar-refractivity contribution >= 4 is 31.9 Å². The molecule has 0 saturated heterocycles. The van der Waals surface area contributed by atoms with Crippen molar-refractivity contribution in [2.24, 2.45) is 0 Å². The topological polar surface area (TPSA) is 12.0 Å². The molecule has 90 valence electrons. The van der Waals surface area contributed by atoms with Crippen molar-refractivity contribution in [3.63, 3.8) is 0 Å². The number of unbranched alkanes of at least 4 members (excludes halogenated alkanes) is 2. The van der Waals surface area contributed by atoms with E-state index in [1.165, 1.54) is 31.2 Å². The van der Waals surface area contributed by atoms with Gasteiger partial charge in [-0.1, -0.05) is 58.0 Å². The standard InChI is InChI=1S/C13H19Br2N/c1-3-4-5-6-13(16-2)10-7-11(14)9-12(15)8-10/h7-9,13,16H,3-6H2,1-2H3. The summed E-state index contributed by atoms with van der Waals surface area (Å²) in [6.07, 6.45) is 5.07. The largest absolute Gasteiger partial charge is 0.313 e.